The first-order chi connectivity index (χ1) is 12.0. The third kappa shape index (κ3) is 4.73. The minimum Gasteiger partial charge on any atom is -0.311 e. The molecule has 0 N–H and O–H groups in total. The average molecular weight is 329 g/mol. The van der Waals surface area contributed by atoms with E-state index in [1.54, 1.807) is 0 Å². The number of aryl methyl sites for hydroxylation is 1. The zero-order chi connectivity index (χ0) is 17.7. The Morgan fingerprint density at radius 1 is 0.600 bits per heavy atom. The van der Waals surface area contributed by atoms with Crippen LogP contribution in [0.2, 0.25) is 0 Å². The number of benzene rings is 3. The topological polar surface area (TPSA) is 3.24 Å². The summed E-state index contributed by atoms with van der Waals surface area (Å²) in [4.78, 5) is 2.30. The van der Waals surface area contributed by atoms with Gasteiger partial charge in [-0.05, 0) is 60.2 Å². The van der Waals surface area contributed by atoms with Gasteiger partial charge in [-0.15, -0.1) is 0 Å². The summed E-state index contributed by atoms with van der Waals surface area (Å²) in [5.74, 6) is 0. The quantitative estimate of drug-likeness (QED) is 0.481. The molecule has 0 aliphatic rings. The molecule has 0 unspecified atom stereocenters. The van der Waals surface area contributed by atoms with E-state index in [1.807, 2.05) is 0 Å². The lowest BCUT2D eigenvalue weighted by molar-refractivity contribution is 0.378. The number of anilines is 3. The van der Waals surface area contributed by atoms with Gasteiger partial charge in [0.2, 0.25) is 0 Å². The Morgan fingerprint density at radius 3 is 1.48 bits per heavy atom. The van der Waals surface area contributed by atoms with Gasteiger partial charge in [-0.1, -0.05) is 69.3 Å². The van der Waals surface area contributed by atoms with Crippen LogP contribution in [-0.2, 0) is 6.42 Å². The van der Waals surface area contributed by atoms with Gasteiger partial charge in [0, 0.05) is 17.1 Å². The van der Waals surface area contributed by atoms with E-state index < -0.39 is 0 Å². The fraction of sp³-hybridized carbons (Fsp3) is 0.250. The first-order valence-corrected chi connectivity index (χ1v) is 9.02. The Morgan fingerprint density at radius 2 is 1.04 bits per heavy atom. The molecule has 0 heterocycles. The molecule has 0 amide bonds. The molecule has 0 radical (unpaired) electrons. The standard InChI is InChI=1S/C24H27N/c1-24(2,3)19-18-20-14-16-23(17-15-20)25(21-10-6-4-7-11-21)22-12-8-5-9-13-22/h4-17H,18-19H2,1-3H3. The molecule has 3 rings (SSSR count). The van der Waals surface area contributed by atoms with E-state index in [0.717, 1.165) is 6.42 Å². The Balaban J connectivity index is 1.89. The normalized spacial score (nSPS) is 11.3. The van der Waals surface area contributed by atoms with Crippen molar-refractivity contribution in [3.05, 3.63) is 90.5 Å². The van der Waals surface area contributed by atoms with Gasteiger partial charge in [0.25, 0.3) is 0 Å². The lowest BCUT2D eigenvalue weighted by Gasteiger charge is -2.25. The lowest BCUT2D eigenvalue weighted by atomic mass is 9.89. The fourth-order valence-electron chi connectivity index (χ4n) is 2.93. The van der Waals surface area contributed by atoms with Crippen LogP contribution in [0.4, 0.5) is 17.1 Å². The molecule has 0 spiro atoms. The van der Waals surface area contributed by atoms with Crippen LogP contribution < -0.4 is 4.90 Å². The van der Waals surface area contributed by atoms with E-state index in [0.29, 0.717) is 5.41 Å². The van der Waals surface area contributed by atoms with Crippen LogP contribution >= 0.6 is 0 Å². The van der Waals surface area contributed by atoms with E-state index >= 15 is 0 Å². The van der Waals surface area contributed by atoms with Gasteiger partial charge >= 0.3 is 0 Å². The smallest absolute Gasteiger partial charge is 0.0461 e. The monoisotopic (exact) mass is 329 g/mol. The van der Waals surface area contributed by atoms with E-state index in [1.165, 1.54) is 29.0 Å². The highest BCUT2D eigenvalue weighted by atomic mass is 15.1. The summed E-state index contributed by atoms with van der Waals surface area (Å²) in [5.41, 5.74) is 5.32. The Hall–Kier alpha value is -2.54. The second kappa shape index (κ2) is 7.57. The van der Waals surface area contributed by atoms with Crippen molar-refractivity contribution in [1.29, 1.82) is 0 Å². The molecule has 0 saturated heterocycles. The second-order valence-corrected chi connectivity index (χ2v) is 7.73. The first kappa shape index (κ1) is 17.3. The molecule has 128 valence electrons. The van der Waals surface area contributed by atoms with Crippen molar-refractivity contribution < 1.29 is 0 Å². The van der Waals surface area contributed by atoms with Gasteiger partial charge in [-0.25, -0.2) is 0 Å². The molecular weight excluding hydrogens is 302 g/mol. The van der Waals surface area contributed by atoms with Crippen LogP contribution in [0.15, 0.2) is 84.9 Å². The van der Waals surface area contributed by atoms with E-state index in [-0.39, 0.29) is 0 Å². The third-order valence-corrected chi connectivity index (χ3v) is 4.39. The Bertz CT molecular complexity index is 728. The highest BCUT2D eigenvalue weighted by molar-refractivity contribution is 5.76. The summed E-state index contributed by atoms with van der Waals surface area (Å²) in [6.07, 6.45) is 2.33. The van der Waals surface area contributed by atoms with Crippen LogP contribution in [0.25, 0.3) is 0 Å². The van der Waals surface area contributed by atoms with Crippen LogP contribution in [0.5, 0.6) is 0 Å². The molecule has 3 aromatic rings. The van der Waals surface area contributed by atoms with Crippen LogP contribution in [0.1, 0.15) is 32.8 Å². The van der Waals surface area contributed by atoms with E-state index in [4.69, 9.17) is 0 Å². The number of rotatable bonds is 5. The molecule has 0 aromatic heterocycles. The molecule has 0 aliphatic carbocycles. The zero-order valence-electron chi connectivity index (χ0n) is 15.4. The van der Waals surface area contributed by atoms with Gasteiger partial charge in [-0.3, -0.25) is 0 Å². The fourth-order valence-corrected chi connectivity index (χ4v) is 2.93. The minimum atomic E-state index is 0.374. The molecular formula is C24H27N. The van der Waals surface area contributed by atoms with Crippen molar-refractivity contribution in [3.8, 4) is 0 Å². The molecule has 25 heavy (non-hydrogen) atoms. The molecule has 0 bridgehead atoms. The number of hydrogen-bond acceptors (Lipinski definition) is 1. The maximum absolute atomic E-state index is 2.30. The third-order valence-electron chi connectivity index (χ3n) is 4.39. The van der Waals surface area contributed by atoms with Gasteiger partial charge in [0.1, 0.15) is 0 Å². The minimum absolute atomic E-state index is 0.374. The predicted molar refractivity (Wildman–Crippen MR) is 109 cm³/mol. The molecule has 1 nitrogen and oxygen atoms in total. The zero-order valence-corrected chi connectivity index (χ0v) is 15.4. The van der Waals surface area contributed by atoms with Crippen molar-refractivity contribution in [2.24, 2.45) is 5.41 Å². The van der Waals surface area contributed by atoms with E-state index in [2.05, 4.69) is 111 Å². The van der Waals surface area contributed by atoms with Crippen LogP contribution in [-0.4, -0.2) is 0 Å². The molecule has 3 aromatic carbocycles. The number of para-hydroxylation sites is 2. The van der Waals surface area contributed by atoms with Crippen molar-refractivity contribution >= 4 is 17.1 Å². The van der Waals surface area contributed by atoms with Gasteiger partial charge in [-0.2, -0.15) is 0 Å². The summed E-state index contributed by atoms with van der Waals surface area (Å²) in [6, 6.07) is 30.1. The number of nitrogens with zero attached hydrogens (tertiary/aromatic N) is 1. The SMILES string of the molecule is CC(C)(C)CCc1ccc(N(c2ccccc2)c2ccccc2)cc1. The summed E-state index contributed by atoms with van der Waals surface area (Å²) in [5, 5.41) is 0. The predicted octanol–water partition coefficient (Wildman–Crippen LogP) is 7.14. The summed E-state index contributed by atoms with van der Waals surface area (Å²) in [6.45, 7) is 6.90. The van der Waals surface area contributed by atoms with Gasteiger partial charge in [0.05, 0.1) is 0 Å². The van der Waals surface area contributed by atoms with Crippen molar-refractivity contribution in [2.75, 3.05) is 4.90 Å². The molecule has 0 saturated carbocycles. The maximum atomic E-state index is 2.30. The summed E-state index contributed by atoms with van der Waals surface area (Å²) in [7, 11) is 0. The van der Waals surface area contributed by atoms with E-state index in [9.17, 15) is 0 Å². The molecule has 0 aliphatic heterocycles. The lowest BCUT2D eigenvalue weighted by Crippen LogP contribution is -2.10. The van der Waals surface area contributed by atoms with Crippen molar-refractivity contribution in [1.82, 2.24) is 0 Å². The van der Waals surface area contributed by atoms with Gasteiger partial charge < -0.3 is 4.90 Å². The average Bonchev–Trinajstić information content (AvgIpc) is 2.62. The summed E-state index contributed by atoms with van der Waals surface area (Å²) < 4.78 is 0. The largest absolute Gasteiger partial charge is 0.311 e. The van der Waals surface area contributed by atoms with Gasteiger partial charge in [0.15, 0.2) is 0 Å². The molecule has 0 atom stereocenters. The number of hydrogen-bond donors (Lipinski definition) is 0. The van der Waals surface area contributed by atoms with Crippen molar-refractivity contribution in [3.63, 3.8) is 0 Å². The highest BCUT2D eigenvalue weighted by Gasteiger charge is 2.13. The van der Waals surface area contributed by atoms with Crippen LogP contribution in [0.3, 0.4) is 0 Å². The Labute approximate surface area is 151 Å². The van der Waals surface area contributed by atoms with Crippen LogP contribution in [0, 0.1) is 5.41 Å². The highest BCUT2D eigenvalue weighted by Crippen LogP contribution is 2.34. The molecule has 1 heteroatoms. The van der Waals surface area contributed by atoms with Crippen molar-refractivity contribution in [2.45, 2.75) is 33.6 Å². The summed E-state index contributed by atoms with van der Waals surface area (Å²) >= 11 is 0. The second-order valence-electron chi connectivity index (χ2n) is 7.73. The molecule has 0 fully saturated rings. The first-order valence-electron chi connectivity index (χ1n) is 9.02. The Kier molecular flexibility index (Phi) is 5.23. The maximum Gasteiger partial charge on any atom is 0.0461 e.